The second-order valence-corrected chi connectivity index (χ2v) is 5.31. The fraction of sp³-hybridized carbons (Fsp3) is 0.529. The Morgan fingerprint density at radius 1 is 1.19 bits per heavy atom. The summed E-state index contributed by atoms with van der Waals surface area (Å²) in [6.07, 6.45) is 2.38. The molecule has 4 nitrogen and oxygen atoms in total. The van der Waals surface area contributed by atoms with Gasteiger partial charge in [-0.25, -0.2) is 0 Å². The first-order valence-electron chi connectivity index (χ1n) is 7.61. The number of amides is 2. The molecule has 116 valence electrons. The van der Waals surface area contributed by atoms with Crippen LogP contribution in [0.1, 0.15) is 44.2 Å². The third-order valence-electron chi connectivity index (χ3n) is 3.57. The van der Waals surface area contributed by atoms with Crippen molar-refractivity contribution in [3.8, 4) is 0 Å². The van der Waals surface area contributed by atoms with Gasteiger partial charge in [0.05, 0.1) is 0 Å². The van der Waals surface area contributed by atoms with Crippen LogP contribution in [0.3, 0.4) is 0 Å². The minimum absolute atomic E-state index is 0.0130. The number of nitrogens with zero attached hydrogens (tertiary/aromatic N) is 1. The Bertz CT molecular complexity index is 472. The highest BCUT2D eigenvalue weighted by molar-refractivity contribution is 5.78. The van der Waals surface area contributed by atoms with Gasteiger partial charge in [0.15, 0.2) is 0 Å². The zero-order valence-electron chi connectivity index (χ0n) is 13.3. The van der Waals surface area contributed by atoms with Crippen LogP contribution in [0.15, 0.2) is 24.3 Å². The van der Waals surface area contributed by atoms with E-state index in [0.717, 1.165) is 24.9 Å². The van der Waals surface area contributed by atoms with Crippen LogP contribution in [0.2, 0.25) is 0 Å². The number of hydrogen-bond acceptors (Lipinski definition) is 2. The molecule has 2 amide bonds. The summed E-state index contributed by atoms with van der Waals surface area (Å²) >= 11 is 0. The molecule has 0 saturated carbocycles. The molecular formula is C17H26N2O2. The summed E-state index contributed by atoms with van der Waals surface area (Å²) in [6, 6.07) is 8.00. The molecule has 0 aromatic heterocycles. The molecule has 0 heterocycles. The van der Waals surface area contributed by atoms with E-state index in [4.69, 9.17) is 0 Å². The first-order valence-corrected chi connectivity index (χ1v) is 7.61. The molecule has 0 radical (unpaired) electrons. The number of aryl methyl sites for hydroxylation is 1. The van der Waals surface area contributed by atoms with E-state index in [9.17, 15) is 9.59 Å². The lowest BCUT2D eigenvalue weighted by molar-refractivity contribution is -0.129. The molecule has 0 spiro atoms. The highest BCUT2D eigenvalue weighted by atomic mass is 16.2. The molecule has 1 rings (SSSR count). The maximum atomic E-state index is 11.9. The molecule has 0 bridgehead atoms. The predicted molar refractivity (Wildman–Crippen MR) is 84.8 cm³/mol. The Balaban J connectivity index is 2.36. The Kier molecular flexibility index (Phi) is 7.51. The molecule has 1 aromatic carbocycles. The van der Waals surface area contributed by atoms with Crippen molar-refractivity contribution in [2.45, 2.75) is 46.6 Å². The van der Waals surface area contributed by atoms with Crippen molar-refractivity contribution in [3.05, 3.63) is 35.4 Å². The molecule has 0 atom stereocenters. The number of unbranched alkanes of at least 4 members (excludes halogenated alkanes) is 1. The minimum Gasteiger partial charge on any atom is -0.352 e. The van der Waals surface area contributed by atoms with Crippen LogP contribution in [0.5, 0.6) is 0 Å². The van der Waals surface area contributed by atoms with Crippen molar-refractivity contribution in [3.63, 3.8) is 0 Å². The summed E-state index contributed by atoms with van der Waals surface area (Å²) in [5.74, 6) is 0.0242. The van der Waals surface area contributed by atoms with Crippen LogP contribution in [0, 0.1) is 6.92 Å². The van der Waals surface area contributed by atoms with Crippen LogP contribution in [0.4, 0.5) is 0 Å². The van der Waals surface area contributed by atoms with E-state index >= 15 is 0 Å². The Morgan fingerprint density at radius 2 is 1.90 bits per heavy atom. The van der Waals surface area contributed by atoms with Gasteiger partial charge in [0.25, 0.3) is 0 Å². The molecule has 0 aliphatic heterocycles. The summed E-state index contributed by atoms with van der Waals surface area (Å²) in [7, 11) is 0. The predicted octanol–water partition coefficient (Wildman–Crippen LogP) is 2.65. The zero-order valence-corrected chi connectivity index (χ0v) is 13.3. The largest absolute Gasteiger partial charge is 0.352 e. The van der Waals surface area contributed by atoms with Crippen molar-refractivity contribution >= 4 is 11.8 Å². The number of carbonyl (C=O) groups is 2. The molecule has 0 aliphatic carbocycles. The van der Waals surface area contributed by atoms with Crippen LogP contribution in [-0.2, 0) is 16.1 Å². The molecular weight excluding hydrogens is 264 g/mol. The van der Waals surface area contributed by atoms with E-state index in [-0.39, 0.29) is 11.8 Å². The number of rotatable bonds is 8. The number of carbonyl (C=O) groups excluding carboxylic acids is 2. The van der Waals surface area contributed by atoms with Crippen molar-refractivity contribution in [2.75, 3.05) is 13.1 Å². The first-order chi connectivity index (χ1) is 10.0. The molecule has 1 aromatic rings. The van der Waals surface area contributed by atoms with Gasteiger partial charge in [-0.1, -0.05) is 37.6 Å². The minimum atomic E-state index is -0.0130. The van der Waals surface area contributed by atoms with Gasteiger partial charge in [-0.05, 0) is 24.5 Å². The first kappa shape index (κ1) is 17.2. The van der Waals surface area contributed by atoms with E-state index < -0.39 is 0 Å². The van der Waals surface area contributed by atoms with Gasteiger partial charge >= 0.3 is 0 Å². The van der Waals surface area contributed by atoms with Gasteiger partial charge in [-0.3, -0.25) is 9.59 Å². The van der Waals surface area contributed by atoms with Crippen LogP contribution in [-0.4, -0.2) is 29.8 Å². The Hall–Kier alpha value is -1.84. The molecule has 4 heteroatoms. The fourth-order valence-electron chi connectivity index (χ4n) is 2.10. The smallest absolute Gasteiger partial charge is 0.222 e. The van der Waals surface area contributed by atoms with E-state index in [1.807, 2.05) is 31.2 Å². The van der Waals surface area contributed by atoms with E-state index in [1.165, 1.54) is 5.56 Å². The van der Waals surface area contributed by atoms with Crippen molar-refractivity contribution < 1.29 is 9.59 Å². The van der Waals surface area contributed by atoms with Crippen LogP contribution in [0.25, 0.3) is 0 Å². The zero-order chi connectivity index (χ0) is 15.7. The molecule has 0 fully saturated rings. The maximum Gasteiger partial charge on any atom is 0.222 e. The van der Waals surface area contributed by atoms with Crippen LogP contribution >= 0.6 is 0 Å². The standard InChI is InChI=1S/C17H26N2O2/c1-4-5-11-19(15(3)20)12-10-17(21)18-13-16-9-7-6-8-14(16)2/h6-9H,4-5,10-13H2,1-3H3,(H,18,21). The van der Waals surface area contributed by atoms with E-state index in [2.05, 4.69) is 12.2 Å². The van der Waals surface area contributed by atoms with E-state index in [1.54, 1.807) is 11.8 Å². The van der Waals surface area contributed by atoms with E-state index in [0.29, 0.717) is 19.5 Å². The summed E-state index contributed by atoms with van der Waals surface area (Å²) in [5.41, 5.74) is 2.30. The summed E-state index contributed by atoms with van der Waals surface area (Å²) in [5, 5.41) is 2.91. The number of hydrogen-bond donors (Lipinski definition) is 1. The molecule has 1 N–H and O–H groups in total. The highest BCUT2D eigenvalue weighted by Gasteiger charge is 2.10. The van der Waals surface area contributed by atoms with Gasteiger partial charge in [-0.15, -0.1) is 0 Å². The maximum absolute atomic E-state index is 11.9. The monoisotopic (exact) mass is 290 g/mol. The third kappa shape index (κ3) is 6.43. The summed E-state index contributed by atoms with van der Waals surface area (Å²) in [6.45, 7) is 7.45. The van der Waals surface area contributed by atoms with Crippen LogP contribution < -0.4 is 5.32 Å². The lowest BCUT2D eigenvalue weighted by Crippen LogP contribution is -2.34. The second kappa shape index (κ2) is 9.16. The normalized spacial score (nSPS) is 10.2. The van der Waals surface area contributed by atoms with Crippen molar-refractivity contribution in [2.24, 2.45) is 0 Å². The average molecular weight is 290 g/mol. The van der Waals surface area contributed by atoms with Crippen molar-refractivity contribution in [1.82, 2.24) is 10.2 Å². The fourth-order valence-corrected chi connectivity index (χ4v) is 2.10. The lowest BCUT2D eigenvalue weighted by Gasteiger charge is -2.20. The molecule has 0 unspecified atom stereocenters. The number of benzene rings is 1. The SMILES string of the molecule is CCCCN(CCC(=O)NCc1ccccc1C)C(C)=O. The number of nitrogens with one attached hydrogen (secondary N) is 1. The topological polar surface area (TPSA) is 49.4 Å². The Labute approximate surface area is 127 Å². The quantitative estimate of drug-likeness (QED) is 0.800. The summed E-state index contributed by atoms with van der Waals surface area (Å²) < 4.78 is 0. The van der Waals surface area contributed by atoms with Gasteiger partial charge < -0.3 is 10.2 Å². The highest BCUT2D eigenvalue weighted by Crippen LogP contribution is 2.06. The third-order valence-corrected chi connectivity index (χ3v) is 3.57. The second-order valence-electron chi connectivity index (χ2n) is 5.31. The van der Waals surface area contributed by atoms with Gasteiger partial charge in [0, 0.05) is 33.0 Å². The van der Waals surface area contributed by atoms with Gasteiger partial charge in [0.2, 0.25) is 11.8 Å². The van der Waals surface area contributed by atoms with Gasteiger partial charge in [-0.2, -0.15) is 0 Å². The lowest BCUT2D eigenvalue weighted by atomic mass is 10.1. The summed E-state index contributed by atoms with van der Waals surface area (Å²) in [4.78, 5) is 25.1. The molecule has 0 aliphatic rings. The Morgan fingerprint density at radius 3 is 2.52 bits per heavy atom. The van der Waals surface area contributed by atoms with Gasteiger partial charge in [0.1, 0.15) is 0 Å². The average Bonchev–Trinajstić information content (AvgIpc) is 2.46. The molecule has 0 saturated heterocycles. The molecule has 21 heavy (non-hydrogen) atoms. The van der Waals surface area contributed by atoms with Crippen molar-refractivity contribution in [1.29, 1.82) is 0 Å².